The molecule has 0 aliphatic heterocycles. The van der Waals surface area contributed by atoms with E-state index in [-0.39, 0.29) is 24.2 Å². The van der Waals surface area contributed by atoms with Gasteiger partial charge >= 0.3 is 0 Å². The summed E-state index contributed by atoms with van der Waals surface area (Å²) < 4.78 is 0. The molecule has 0 heterocycles. The second-order valence-corrected chi connectivity index (χ2v) is 3.70. The molecule has 0 bridgehead atoms. The van der Waals surface area contributed by atoms with Gasteiger partial charge < -0.3 is 10.6 Å². The Kier molecular flexibility index (Phi) is 11.8. The van der Waals surface area contributed by atoms with Crippen LogP contribution in [0, 0.1) is 0 Å². The maximum Gasteiger partial charge on any atom is 0.222 e. The first kappa shape index (κ1) is 17.6. The number of carbonyl (C=O) groups excluding carboxylic acids is 2. The molecule has 5 heteroatoms. The summed E-state index contributed by atoms with van der Waals surface area (Å²) in [7, 11) is 0. The van der Waals surface area contributed by atoms with Gasteiger partial charge in [-0.05, 0) is 19.3 Å². The zero-order valence-electron chi connectivity index (χ0n) is 10.2. The third-order valence-corrected chi connectivity index (χ3v) is 2.15. The molecule has 0 aromatic heterocycles. The van der Waals surface area contributed by atoms with Gasteiger partial charge in [-0.1, -0.05) is 13.8 Å². The molecular weight excluding hydrogens is 228 g/mol. The van der Waals surface area contributed by atoms with Crippen molar-refractivity contribution in [2.75, 3.05) is 13.1 Å². The SMILES string of the molecule is CCCN(CCC)C(=O)CCCC(N)=O.Cl. The summed E-state index contributed by atoms with van der Waals surface area (Å²) in [6.07, 6.45) is 3.25. The van der Waals surface area contributed by atoms with Crippen LogP contribution in [0.4, 0.5) is 0 Å². The van der Waals surface area contributed by atoms with Crippen molar-refractivity contribution in [1.82, 2.24) is 4.90 Å². The van der Waals surface area contributed by atoms with Gasteiger partial charge in [0.25, 0.3) is 0 Å². The maximum absolute atomic E-state index is 11.7. The second kappa shape index (κ2) is 10.7. The minimum atomic E-state index is -0.333. The van der Waals surface area contributed by atoms with Crippen molar-refractivity contribution < 1.29 is 9.59 Å². The number of amides is 2. The largest absolute Gasteiger partial charge is 0.370 e. The Hall–Kier alpha value is -0.770. The second-order valence-electron chi connectivity index (χ2n) is 3.70. The Bertz CT molecular complexity index is 204. The van der Waals surface area contributed by atoms with Crippen molar-refractivity contribution in [3.8, 4) is 0 Å². The summed E-state index contributed by atoms with van der Waals surface area (Å²) in [4.78, 5) is 24.0. The zero-order chi connectivity index (χ0) is 11.7. The molecule has 0 atom stereocenters. The van der Waals surface area contributed by atoms with Crippen molar-refractivity contribution >= 4 is 24.2 Å². The minimum Gasteiger partial charge on any atom is -0.370 e. The zero-order valence-corrected chi connectivity index (χ0v) is 11.0. The first-order valence-electron chi connectivity index (χ1n) is 5.67. The van der Waals surface area contributed by atoms with Crippen molar-refractivity contribution in [1.29, 1.82) is 0 Å². The third-order valence-electron chi connectivity index (χ3n) is 2.15. The van der Waals surface area contributed by atoms with Gasteiger partial charge in [-0.25, -0.2) is 0 Å². The Morgan fingerprint density at radius 3 is 1.94 bits per heavy atom. The molecule has 0 aromatic rings. The molecule has 0 radical (unpaired) electrons. The lowest BCUT2D eigenvalue weighted by Gasteiger charge is -2.21. The Morgan fingerprint density at radius 1 is 1.06 bits per heavy atom. The molecule has 0 unspecified atom stereocenters. The van der Waals surface area contributed by atoms with Crippen LogP contribution < -0.4 is 5.73 Å². The summed E-state index contributed by atoms with van der Waals surface area (Å²) in [6, 6.07) is 0. The lowest BCUT2D eigenvalue weighted by atomic mass is 10.2. The minimum absolute atomic E-state index is 0. The molecule has 0 spiro atoms. The summed E-state index contributed by atoms with van der Waals surface area (Å²) in [5.41, 5.74) is 5.01. The highest BCUT2D eigenvalue weighted by Gasteiger charge is 2.11. The fraction of sp³-hybridized carbons (Fsp3) is 0.818. The Labute approximate surface area is 104 Å². The third kappa shape index (κ3) is 8.53. The van der Waals surface area contributed by atoms with E-state index in [2.05, 4.69) is 13.8 Å². The van der Waals surface area contributed by atoms with E-state index in [9.17, 15) is 9.59 Å². The fourth-order valence-electron chi connectivity index (χ4n) is 1.47. The van der Waals surface area contributed by atoms with Crippen molar-refractivity contribution in [2.24, 2.45) is 5.73 Å². The normalized spacial score (nSPS) is 9.38. The monoisotopic (exact) mass is 250 g/mol. The molecule has 0 fully saturated rings. The van der Waals surface area contributed by atoms with E-state index in [1.165, 1.54) is 0 Å². The molecule has 16 heavy (non-hydrogen) atoms. The predicted molar refractivity (Wildman–Crippen MR) is 67.5 cm³/mol. The standard InChI is InChI=1S/C11H22N2O2.ClH/c1-3-8-13(9-4-2)11(15)7-5-6-10(12)14;/h3-9H2,1-2H3,(H2,12,14);1H. The van der Waals surface area contributed by atoms with E-state index in [0.717, 1.165) is 25.9 Å². The molecule has 2 N–H and O–H groups in total. The molecule has 96 valence electrons. The van der Waals surface area contributed by atoms with Crippen molar-refractivity contribution in [3.05, 3.63) is 0 Å². The Morgan fingerprint density at radius 2 is 1.56 bits per heavy atom. The highest BCUT2D eigenvalue weighted by atomic mass is 35.5. The summed E-state index contributed by atoms with van der Waals surface area (Å²) in [5.74, 6) is -0.194. The van der Waals surface area contributed by atoms with Gasteiger partial charge in [-0.3, -0.25) is 9.59 Å². The van der Waals surface area contributed by atoms with E-state index >= 15 is 0 Å². The first-order chi connectivity index (χ1) is 7.11. The number of primary amides is 1. The quantitative estimate of drug-likeness (QED) is 0.713. The number of halogens is 1. The van der Waals surface area contributed by atoms with Crippen molar-refractivity contribution in [2.45, 2.75) is 46.0 Å². The number of hydrogen-bond acceptors (Lipinski definition) is 2. The van der Waals surface area contributed by atoms with Gasteiger partial charge in [0.1, 0.15) is 0 Å². The number of hydrogen-bond donors (Lipinski definition) is 1. The van der Waals surface area contributed by atoms with Crippen LogP contribution in [0.1, 0.15) is 46.0 Å². The molecule has 0 aromatic carbocycles. The lowest BCUT2D eigenvalue weighted by Crippen LogP contribution is -2.32. The van der Waals surface area contributed by atoms with Crippen LogP contribution in [0.3, 0.4) is 0 Å². The van der Waals surface area contributed by atoms with E-state index in [4.69, 9.17) is 5.73 Å². The number of rotatable bonds is 8. The summed E-state index contributed by atoms with van der Waals surface area (Å²) >= 11 is 0. The van der Waals surface area contributed by atoms with E-state index in [1.54, 1.807) is 0 Å². The molecule has 2 amide bonds. The fourth-order valence-corrected chi connectivity index (χ4v) is 1.47. The van der Waals surface area contributed by atoms with Crippen LogP contribution in [0.25, 0.3) is 0 Å². The van der Waals surface area contributed by atoms with Gasteiger partial charge in [0.05, 0.1) is 0 Å². The number of nitrogens with zero attached hydrogens (tertiary/aromatic N) is 1. The van der Waals surface area contributed by atoms with Crippen molar-refractivity contribution in [3.63, 3.8) is 0 Å². The topological polar surface area (TPSA) is 63.4 Å². The average molecular weight is 251 g/mol. The lowest BCUT2D eigenvalue weighted by molar-refractivity contribution is -0.131. The van der Waals surface area contributed by atoms with E-state index in [1.807, 2.05) is 4.90 Å². The number of carbonyl (C=O) groups is 2. The summed E-state index contributed by atoms with van der Waals surface area (Å²) in [6.45, 7) is 5.73. The maximum atomic E-state index is 11.7. The van der Waals surface area contributed by atoms with Gasteiger partial charge in [-0.2, -0.15) is 0 Å². The summed E-state index contributed by atoms with van der Waals surface area (Å²) in [5, 5.41) is 0. The van der Waals surface area contributed by atoms with Crippen LogP contribution in [0.15, 0.2) is 0 Å². The highest BCUT2D eigenvalue weighted by molar-refractivity contribution is 5.85. The highest BCUT2D eigenvalue weighted by Crippen LogP contribution is 2.02. The van der Waals surface area contributed by atoms with Crippen LogP contribution in [0.2, 0.25) is 0 Å². The molecule has 4 nitrogen and oxygen atoms in total. The van der Waals surface area contributed by atoms with Gasteiger partial charge in [0, 0.05) is 25.9 Å². The Balaban J connectivity index is 0. The molecule has 0 aliphatic carbocycles. The van der Waals surface area contributed by atoms with Crippen LogP contribution in [-0.4, -0.2) is 29.8 Å². The van der Waals surface area contributed by atoms with E-state index < -0.39 is 0 Å². The molecule has 0 aliphatic rings. The molecule has 0 rings (SSSR count). The molecular formula is C11H23ClN2O2. The smallest absolute Gasteiger partial charge is 0.222 e. The first-order valence-corrected chi connectivity index (χ1v) is 5.67. The van der Waals surface area contributed by atoms with Gasteiger partial charge in [0.2, 0.25) is 11.8 Å². The van der Waals surface area contributed by atoms with Crippen LogP contribution >= 0.6 is 12.4 Å². The van der Waals surface area contributed by atoms with Gasteiger partial charge in [-0.15, -0.1) is 12.4 Å². The van der Waals surface area contributed by atoms with Crippen LogP contribution in [0.5, 0.6) is 0 Å². The number of nitrogens with two attached hydrogens (primary N) is 1. The average Bonchev–Trinajstić information content (AvgIpc) is 2.16. The van der Waals surface area contributed by atoms with Gasteiger partial charge in [0.15, 0.2) is 0 Å². The van der Waals surface area contributed by atoms with E-state index in [0.29, 0.717) is 19.3 Å². The predicted octanol–water partition coefficient (Wildman–Crippen LogP) is 1.71. The molecule has 0 saturated carbocycles. The van der Waals surface area contributed by atoms with Crippen LogP contribution in [-0.2, 0) is 9.59 Å². The molecule has 0 saturated heterocycles.